The van der Waals surface area contributed by atoms with E-state index in [2.05, 4.69) is 52.1 Å². The second-order valence-electron chi connectivity index (χ2n) is 5.58. The number of guanidine groups is 1. The van der Waals surface area contributed by atoms with Crippen LogP contribution in [-0.2, 0) is 6.42 Å². The van der Waals surface area contributed by atoms with E-state index in [1.54, 1.807) is 0 Å². The minimum Gasteiger partial charge on any atom is -0.356 e. The largest absolute Gasteiger partial charge is 0.356 e. The van der Waals surface area contributed by atoms with Crippen LogP contribution in [0.25, 0.3) is 0 Å². The molecule has 1 aliphatic carbocycles. The summed E-state index contributed by atoms with van der Waals surface area (Å²) in [5.74, 6) is 1.77. The highest BCUT2D eigenvalue weighted by molar-refractivity contribution is 7.09. The first kappa shape index (κ1) is 15.3. The second kappa shape index (κ2) is 7.64. The number of hydrogen-bond acceptors (Lipinski definition) is 3. The van der Waals surface area contributed by atoms with Gasteiger partial charge >= 0.3 is 0 Å². The van der Waals surface area contributed by atoms with Crippen molar-refractivity contribution in [3.8, 4) is 0 Å². The summed E-state index contributed by atoms with van der Waals surface area (Å²) in [6.07, 6.45) is 3.79. The Morgan fingerprint density at radius 1 is 1.45 bits per heavy atom. The molecule has 1 saturated carbocycles. The molecule has 0 spiro atoms. The van der Waals surface area contributed by atoms with Gasteiger partial charge in [0.25, 0.3) is 0 Å². The normalized spacial score (nSPS) is 17.3. The third-order valence-corrected chi connectivity index (χ3v) is 4.71. The van der Waals surface area contributed by atoms with Crippen LogP contribution in [-0.4, -0.2) is 51.1 Å². The Balaban J connectivity index is 1.69. The average Bonchev–Trinajstić information content (AvgIpc) is 3.12. The molecule has 0 aliphatic heterocycles. The van der Waals surface area contributed by atoms with Gasteiger partial charge in [-0.2, -0.15) is 0 Å². The smallest absolute Gasteiger partial charge is 0.191 e. The fraction of sp³-hybridized carbons (Fsp3) is 0.667. The molecule has 2 N–H and O–H groups in total. The van der Waals surface area contributed by atoms with E-state index in [1.807, 2.05) is 18.4 Å². The van der Waals surface area contributed by atoms with Crippen LogP contribution in [0.3, 0.4) is 0 Å². The highest BCUT2D eigenvalue weighted by Gasteiger charge is 2.32. The van der Waals surface area contributed by atoms with Gasteiger partial charge in [0.15, 0.2) is 5.96 Å². The van der Waals surface area contributed by atoms with Crippen molar-refractivity contribution < 1.29 is 0 Å². The number of rotatable bonds is 7. The molecule has 2 rings (SSSR count). The first-order valence-corrected chi connectivity index (χ1v) is 8.22. The minimum atomic E-state index is 0.617. The first-order valence-electron chi connectivity index (χ1n) is 7.34. The number of nitrogens with one attached hydrogen (secondary N) is 2. The SMILES string of the molecule is CN=C(NCCc1cccs1)NCC(C1CC1)N(C)C. The number of aliphatic imine (C=N–C) groups is 1. The van der Waals surface area contributed by atoms with Gasteiger partial charge in [0.1, 0.15) is 0 Å². The zero-order chi connectivity index (χ0) is 14.4. The quantitative estimate of drug-likeness (QED) is 0.595. The number of hydrogen-bond donors (Lipinski definition) is 2. The lowest BCUT2D eigenvalue weighted by Gasteiger charge is -2.25. The third-order valence-electron chi connectivity index (χ3n) is 3.78. The molecule has 1 atom stereocenters. The predicted molar refractivity (Wildman–Crippen MR) is 87.6 cm³/mol. The molecular weight excluding hydrogens is 268 g/mol. The van der Waals surface area contributed by atoms with E-state index < -0.39 is 0 Å². The van der Waals surface area contributed by atoms with Gasteiger partial charge in [0.2, 0.25) is 0 Å². The maximum absolute atomic E-state index is 4.30. The zero-order valence-corrected chi connectivity index (χ0v) is 13.5. The lowest BCUT2D eigenvalue weighted by molar-refractivity contribution is 0.264. The Hall–Kier alpha value is -1.07. The maximum Gasteiger partial charge on any atom is 0.191 e. The topological polar surface area (TPSA) is 39.7 Å². The Morgan fingerprint density at radius 3 is 2.80 bits per heavy atom. The number of likely N-dealkylation sites (N-methyl/N-ethyl adjacent to an activating group) is 1. The average molecular weight is 294 g/mol. The van der Waals surface area contributed by atoms with Crippen molar-refractivity contribution in [1.82, 2.24) is 15.5 Å². The Kier molecular flexibility index (Phi) is 5.86. The van der Waals surface area contributed by atoms with Crippen molar-refractivity contribution in [3.05, 3.63) is 22.4 Å². The van der Waals surface area contributed by atoms with Gasteiger partial charge in [-0.25, -0.2) is 0 Å². The fourth-order valence-electron chi connectivity index (χ4n) is 2.43. The van der Waals surface area contributed by atoms with Crippen LogP contribution in [0.15, 0.2) is 22.5 Å². The molecule has 0 bridgehead atoms. The molecule has 0 amide bonds. The van der Waals surface area contributed by atoms with Crippen molar-refractivity contribution in [2.75, 3.05) is 34.2 Å². The molecule has 20 heavy (non-hydrogen) atoms. The molecule has 0 aromatic carbocycles. The Bertz CT molecular complexity index is 408. The molecule has 0 saturated heterocycles. The van der Waals surface area contributed by atoms with E-state index in [4.69, 9.17) is 0 Å². The van der Waals surface area contributed by atoms with E-state index in [0.717, 1.165) is 31.4 Å². The molecule has 5 heteroatoms. The molecule has 112 valence electrons. The standard InChI is InChI=1S/C15H26N4S/c1-16-15(17-9-8-13-5-4-10-20-13)18-11-14(19(2)3)12-6-7-12/h4-5,10,12,14H,6-9,11H2,1-3H3,(H2,16,17,18). The van der Waals surface area contributed by atoms with Crippen molar-refractivity contribution in [3.63, 3.8) is 0 Å². The Labute approximate surface area is 126 Å². The van der Waals surface area contributed by atoms with E-state index in [9.17, 15) is 0 Å². The van der Waals surface area contributed by atoms with Crippen LogP contribution in [0.4, 0.5) is 0 Å². The monoisotopic (exact) mass is 294 g/mol. The van der Waals surface area contributed by atoms with Crippen LogP contribution in [0.2, 0.25) is 0 Å². The summed E-state index contributed by atoms with van der Waals surface area (Å²) >= 11 is 1.81. The van der Waals surface area contributed by atoms with Gasteiger partial charge in [0, 0.05) is 31.1 Å². The molecule has 1 heterocycles. The van der Waals surface area contributed by atoms with Gasteiger partial charge < -0.3 is 15.5 Å². The van der Waals surface area contributed by atoms with Crippen LogP contribution >= 0.6 is 11.3 Å². The summed E-state index contributed by atoms with van der Waals surface area (Å²) in [6.45, 7) is 1.90. The number of nitrogens with zero attached hydrogens (tertiary/aromatic N) is 2. The van der Waals surface area contributed by atoms with Crippen LogP contribution in [0.5, 0.6) is 0 Å². The van der Waals surface area contributed by atoms with Crippen molar-refractivity contribution in [2.45, 2.75) is 25.3 Å². The maximum atomic E-state index is 4.30. The highest BCUT2D eigenvalue weighted by Crippen LogP contribution is 2.34. The van der Waals surface area contributed by atoms with E-state index in [-0.39, 0.29) is 0 Å². The van der Waals surface area contributed by atoms with Gasteiger partial charge in [-0.1, -0.05) is 6.07 Å². The van der Waals surface area contributed by atoms with E-state index in [1.165, 1.54) is 17.7 Å². The van der Waals surface area contributed by atoms with E-state index in [0.29, 0.717) is 6.04 Å². The Morgan fingerprint density at radius 2 is 2.25 bits per heavy atom. The molecular formula is C15H26N4S. The van der Waals surface area contributed by atoms with Crippen molar-refractivity contribution in [1.29, 1.82) is 0 Å². The van der Waals surface area contributed by atoms with Crippen molar-refractivity contribution in [2.24, 2.45) is 10.9 Å². The molecule has 1 aromatic rings. The van der Waals surface area contributed by atoms with Gasteiger partial charge in [-0.05, 0) is 50.7 Å². The fourth-order valence-corrected chi connectivity index (χ4v) is 3.14. The molecule has 1 unspecified atom stereocenters. The predicted octanol–water partition coefficient (Wildman–Crippen LogP) is 1.80. The molecule has 1 aliphatic rings. The van der Waals surface area contributed by atoms with Gasteiger partial charge in [-0.15, -0.1) is 11.3 Å². The lowest BCUT2D eigenvalue weighted by Crippen LogP contribution is -2.46. The summed E-state index contributed by atoms with van der Waals surface area (Å²) < 4.78 is 0. The minimum absolute atomic E-state index is 0.617. The lowest BCUT2D eigenvalue weighted by atomic mass is 10.1. The summed E-state index contributed by atoms with van der Waals surface area (Å²) in [4.78, 5) is 8.03. The molecule has 1 fully saturated rings. The van der Waals surface area contributed by atoms with Gasteiger partial charge in [-0.3, -0.25) is 4.99 Å². The highest BCUT2D eigenvalue weighted by atomic mass is 32.1. The van der Waals surface area contributed by atoms with Crippen LogP contribution in [0, 0.1) is 5.92 Å². The van der Waals surface area contributed by atoms with Crippen molar-refractivity contribution >= 4 is 17.3 Å². The van der Waals surface area contributed by atoms with Crippen LogP contribution in [0.1, 0.15) is 17.7 Å². The van der Waals surface area contributed by atoms with Gasteiger partial charge in [0.05, 0.1) is 0 Å². The third kappa shape index (κ3) is 4.80. The summed E-state index contributed by atoms with van der Waals surface area (Å²) in [7, 11) is 6.16. The molecule has 1 aromatic heterocycles. The summed E-state index contributed by atoms with van der Waals surface area (Å²) in [6, 6.07) is 4.90. The molecule has 0 radical (unpaired) electrons. The first-order chi connectivity index (χ1) is 9.70. The number of thiophene rings is 1. The van der Waals surface area contributed by atoms with Crippen LogP contribution < -0.4 is 10.6 Å². The summed E-state index contributed by atoms with van der Waals surface area (Å²) in [5.41, 5.74) is 0. The summed E-state index contributed by atoms with van der Waals surface area (Å²) in [5, 5.41) is 8.97. The molecule has 4 nitrogen and oxygen atoms in total. The van der Waals surface area contributed by atoms with E-state index >= 15 is 0 Å². The second-order valence-corrected chi connectivity index (χ2v) is 6.61. The zero-order valence-electron chi connectivity index (χ0n) is 12.7.